The molecule has 1 saturated carbocycles. The van der Waals surface area contributed by atoms with Crippen molar-refractivity contribution in [2.24, 2.45) is 5.92 Å². The number of carbonyl (C=O) groups is 1. The third-order valence-electron chi connectivity index (χ3n) is 5.18. The Morgan fingerprint density at radius 1 is 1.14 bits per heavy atom. The molecular weight excluding hydrogens is 402 g/mol. The number of nitrogens with one attached hydrogen (secondary N) is 2. The summed E-state index contributed by atoms with van der Waals surface area (Å²) in [5, 5.41) is 3.61. The number of ether oxygens (including phenoxy) is 1. The first-order valence-electron chi connectivity index (χ1n) is 9.61. The second-order valence-corrected chi connectivity index (χ2v) is 9.10. The first-order chi connectivity index (χ1) is 13.0. The number of piperidine rings is 1. The van der Waals surface area contributed by atoms with Gasteiger partial charge < -0.3 is 15.0 Å². The molecule has 3 rings (SSSR count). The average molecular weight is 432 g/mol. The van der Waals surface area contributed by atoms with Gasteiger partial charge in [-0.2, -0.15) is 0 Å². The van der Waals surface area contributed by atoms with Crippen molar-refractivity contribution < 1.29 is 17.9 Å². The van der Waals surface area contributed by atoms with E-state index in [-0.39, 0.29) is 29.8 Å². The number of benzene rings is 1. The summed E-state index contributed by atoms with van der Waals surface area (Å²) in [4.78, 5) is 14.7. The first-order valence-corrected chi connectivity index (χ1v) is 11.1. The normalized spacial score (nSPS) is 18.0. The smallest absolute Gasteiger partial charge is 0.253 e. The van der Waals surface area contributed by atoms with Gasteiger partial charge in [-0.3, -0.25) is 4.79 Å². The minimum Gasteiger partial charge on any atom is -0.383 e. The fraction of sp³-hybridized carbons (Fsp3) is 0.632. The van der Waals surface area contributed by atoms with Crippen LogP contribution in [0.1, 0.15) is 36.0 Å². The van der Waals surface area contributed by atoms with Crippen molar-refractivity contribution in [3.63, 3.8) is 0 Å². The topological polar surface area (TPSA) is 87.7 Å². The third kappa shape index (κ3) is 6.42. The molecule has 2 aliphatic rings. The maximum absolute atomic E-state index is 12.7. The van der Waals surface area contributed by atoms with Crippen molar-refractivity contribution in [3.05, 3.63) is 29.8 Å². The molecule has 1 saturated heterocycles. The van der Waals surface area contributed by atoms with Crippen LogP contribution in [0.25, 0.3) is 0 Å². The van der Waals surface area contributed by atoms with Crippen molar-refractivity contribution >= 4 is 28.3 Å². The zero-order chi connectivity index (χ0) is 19.3. The Balaban J connectivity index is 0.00000280. The highest BCUT2D eigenvalue weighted by molar-refractivity contribution is 7.89. The van der Waals surface area contributed by atoms with Crippen LogP contribution in [0.2, 0.25) is 0 Å². The summed E-state index contributed by atoms with van der Waals surface area (Å²) in [7, 11) is -2.06. The highest BCUT2D eigenvalue weighted by atomic mass is 35.5. The SMILES string of the molecule is COCCNS(=O)(=O)c1ccc(C(=O)N2CCC(NCC3CC3)CC2)cc1.Cl. The average Bonchev–Trinajstić information content (AvgIpc) is 3.51. The molecule has 0 unspecified atom stereocenters. The van der Waals surface area contributed by atoms with E-state index in [1.165, 1.54) is 32.1 Å². The lowest BCUT2D eigenvalue weighted by Crippen LogP contribution is -2.45. The number of rotatable bonds is 9. The molecule has 1 aromatic carbocycles. The van der Waals surface area contributed by atoms with Crippen molar-refractivity contribution in [1.82, 2.24) is 14.9 Å². The van der Waals surface area contributed by atoms with Gasteiger partial charge in [-0.25, -0.2) is 13.1 Å². The van der Waals surface area contributed by atoms with Crippen LogP contribution < -0.4 is 10.0 Å². The fourth-order valence-electron chi connectivity index (χ4n) is 3.26. The lowest BCUT2D eigenvalue weighted by atomic mass is 10.0. The zero-order valence-electron chi connectivity index (χ0n) is 16.2. The minimum absolute atomic E-state index is 0. The quantitative estimate of drug-likeness (QED) is 0.580. The Morgan fingerprint density at radius 3 is 2.36 bits per heavy atom. The van der Waals surface area contributed by atoms with Crippen molar-refractivity contribution in [2.45, 2.75) is 36.6 Å². The van der Waals surface area contributed by atoms with Crippen LogP contribution in [0.4, 0.5) is 0 Å². The van der Waals surface area contributed by atoms with Crippen molar-refractivity contribution in [2.75, 3.05) is 39.9 Å². The molecule has 0 aromatic heterocycles. The highest BCUT2D eigenvalue weighted by Gasteiger charge is 2.26. The molecule has 0 bridgehead atoms. The number of halogens is 1. The molecule has 0 atom stereocenters. The van der Waals surface area contributed by atoms with Gasteiger partial charge in [0.2, 0.25) is 10.0 Å². The standard InChI is InChI=1S/C19H29N3O4S.ClH/c1-26-13-10-21-27(24,25)18-6-4-16(5-7-18)19(23)22-11-8-17(9-12-22)20-14-15-2-3-15;/h4-7,15,17,20-21H,2-3,8-14H2,1H3;1H. The van der Waals surface area contributed by atoms with E-state index in [0.717, 1.165) is 38.4 Å². The number of nitrogens with zero attached hydrogens (tertiary/aromatic N) is 1. The predicted octanol–water partition coefficient (Wildman–Crippen LogP) is 1.64. The van der Waals surface area contributed by atoms with Gasteiger partial charge in [0.25, 0.3) is 5.91 Å². The first kappa shape index (κ1) is 23.1. The van der Waals surface area contributed by atoms with Gasteiger partial charge in [-0.1, -0.05) is 0 Å². The van der Waals surface area contributed by atoms with E-state index in [2.05, 4.69) is 10.0 Å². The number of hydrogen-bond donors (Lipinski definition) is 2. The number of methoxy groups -OCH3 is 1. The van der Waals surface area contributed by atoms with Gasteiger partial charge in [0.05, 0.1) is 11.5 Å². The molecule has 1 aliphatic heterocycles. The van der Waals surface area contributed by atoms with Crippen LogP contribution in [0.5, 0.6) is 0 Å². The Morgan fingerprint density at radius 2 is 1.79 bits per heavy atom. The van der Waals surface area contributed by atoms with Crippen molar-refractivity contribution in [3.8, 4) is 0 Å². The Labute approximate surface area is 173 Å². The van der Waals surface area contributed by atoms with Gasteiger partial charge >= 0.3 is 0 Å². The van der Waals surface area contributed by atoms with Gasteiger partial charge in [0.15, 0.2) is 0 Å². The lowest BCUT2D eigenvalue weighted by molar-refractivity contribution is 0.0705. The molecule has 2 fully saturated rings. The van der Waals surface area contributed by atoms with Crippen LogP contribution in [0.15, 0.2) is 29.2 Å². The molecule has 1 aliphatic carbocycles. The summed E-state index contributed by atoms with van der Waals surface area (Å²) < 4.78 is 31.7. The maximum Gasteiger partial charge on any atom is 0.253 e. The molecule has 158 valence electrons. The second kappa shape index (κ2) is 10.5. The number of hydrogen-bond acceptors (Lipinski definition) is 5. The monoisotopic (exact) mass is 431 g/mol. The van der Waals surface area contributed by atoms with Gasteiger partial charge in [-0.15, -0.1) is 12.4 Å². The Bertz CT molecular complexity index is 730. The molecule has 0 spiro atoms. The minimum atomic E-state index is -3.58. The highest BCUT2D eigenvalue weighted by Crippen LogP contribution is 2.28. The number of carbonyl (C=O) groups excluding carboxylic acids is 1. The predicted molar refractivity (Wildman–Crippen MR) is 110 cm³/mol. The van der Waals surface area contributed by atoms with E-state index in [1.54, 1.807) is 12.1 Å². The molecule has 1 amide bonds. The van der Waals surface area contributed by atoms with E-state index >= 15 is 0 Å². The van der Waals surface area contributed by atoms with E-state index < -0.39 is 10.0 Å². The summed E-state index contributed by atoms with van der Waals surface area (Å²) in [6.07, 6.45) is 4.62. The largest absolute Gasteiger partial charge is 0.383 e. The molecule has 2 N–H and O–H groups in total. The van der Waals surface area contributed by atoms with Crippen LogP contribution in [0.3, 0.4) is 0 Å². The van der Waals surface area contributed by atoms with Crippen LogP contribution in [0, 0.1) is 5.92 Å². The molecule has 7 nitrogen and oxygen atoms in total. The van der Waals surface area contributed by atoms with Crippen LogP contribution >= 0.6 is 12.4 Å². The maximum atomic E-state index is 12.7. The van der Waals surface area contributed by atoms with E-state index in [9.17, 15) is 13.2 Å². The van der Waals surface area contributed by atoms with E-state index in [4.69, 9.17) is 4.74 Å². The second-order valence-electron chi connectivity index (χ2n) is 7.33. The molecule has 1 aromatic rings. The van der Waals surface area contributed by atoms with Gasteiger partial charge in [-0.05, 0) is 62.4 Å². The molecule has 1 heterocycles. The van der Waals surface area contributed by atoms with E-state index in [1.807, 2.05) is 4.90 Å². The Kier molecular flexibility index (Phi) is 8.70. The fourth-order valence-corrected chi connectivity index (χ4v) is 4.28. The summed E-state index contributed by atoms with van der Waals surface area (Å²) in [5.74, 6) is 0.829. The third-order valence-corrected chi connectivity index (χ3v) is 6.66. The van der Waals surface area contributed by atoms with Crippen molar-refractivity contribution in [1.29, 1.82) is 0 Å². The molecular formula is C19H30ClN3O4S. The summed E-state index contributed by atoms with van der Waals surface area (Å²) in [5.41, 5.74) is 0.523. The van der Waals surface area contributed by atoms with Gasteiger partial charge in [0.1, 0.15) is 0 Å². The van der Waals surface area contributed by atoms with Crippen LogP contribution in [-0.4, -0.2) is 65.2 Å². The summed E-state index contributed by atoms with van der Waals surface area (Å²) in [6, 6.07) is 6.63. The Hall–Kier alpha value is -1.19. The number of sulfonamides is 1. The zero-order valence-corrected chi connectivity index (χ0v) is 17.9. The van der Waals surface area contributed by atoms with E-state index in [0.29, 0.717) is 18.2 Å². The summed E-state index contributed by atoms with van der Waals surface area (Å²) >= 11 is 0. The van der Waals surface area contributed by atoms with Gasteiger partial charge in [0, 0.05) is 38.3 Å². The number of likely N-dealkylation sites (tertiary alicyclic amines) is 1. The lowest BCUT2D eigenvalue weighted by Gasteiger charge is -2.32. The van der Waals surface area contributed by atoms with Crippen LogP contribution in [-0.2, 0) is 14.8 Å². The molecule has 28 heavy (non-hydrogen) atoms. The summed E-state index contributed by atoms with van der Waals surface area (Å²) in [6.45, 7) is 3.09. The number of amides is 1. The molecule has 0 radical (unpaired) electrons. The molecule has 9 heteroatoms.